The average molecular weight is 387 g/mol. The van der Waals surface area contributed by atoms with Crippen molar-refractivity contribution in [1.82, 2.24) is 20.2 Å². The smallest absolute Gasteiger partial charge is 0.320 e. The first-order valence-electron chi connectivity index (χ1n) is 10.0. The third-order valence-electron chi connectivity index (χ3n) is 5.87. The number of urea groups is 1. The zero-order valence-electron chi connectivity index (χ0n) is 15.8. The van der Waals surface area contributed by atoms with Gasteiger partial charge in [-0.05, 0) is 44.2 Å². The fraction of sp³-hybridized carbons (Fsp3) is 0.550. The Labute approximate surface area is 163 Å². The molecule has 1 aromatic heterocycles. The van der Waals surface area contributed by atoms with E-state index in [1.165, 1.54) is 18.5 Å². The van der Waals surface area contributed by atoms with Crippen LogP contribution in [0.2, 0.25) is 0 Å². The van der Waals surface area contributed by atoms with Gasteiger partial charge in [-0.2, -0.15) is 0 Å². The first kappa shape index (κ1) is 18.9. The zero-order valence-corrected chi connectivity index (χ0v) is 15.8. The van der Waals surface area contributed by atoms with Crippen LogP contribution in [0, 0.1) is 5.82 Å². The van der Waals surface area contributed by atoms with Crippen molar-refractivity contribution in [3.63, 3.8) is 0 Å². The number of hydrogen-bond donors (Lipinski definition) is 3. The monoisotopic (exact) mass is 387 g/mol. The molecule has 1 aliphatic heterocycles. The highest BCUT2D eigenvalue weighted by atomic mass is 19.1. The Morgan fingerprint density at radius 2 is 2.07 bits per heavy atom. The molecule has 0 radical (unpaired) electrons. The predicted octanol–water partition coefficient (Wildman–Crippen LogP) is 3.01. The normalized spacial score (nSPS) is 20.9. The number of fused-ring (bicyclic) bond motifs is 1. The van der Waals surface area contributed by atoms with E-state index in [1.54, 1.807) is 11.0 Å². The number of amides is 2. The number of nitrogens with one attached hydrogen (secondary N) is 2. The van der Waals surface area contributed by atoms with Crippen LogP contribution in [-0.4, -0.2) is 50.9 Å². The molecule has 2 aliphatic rings. The summed E-state index contributed by atoms with van der Waals surface area (Å²) in [4.78, 5) is 22.1. The summed E-state index contributed by atoms with van der Waals surface area (Å²) in [5.74, 6) is 0.382. The number of anilines is 1. The lowest BCUT2D eigenvalue weighted by Crippen LogP contribution is -2.47. The Hall–Kier alpha value is -2.48. The highest BCUT2D eigenvalue weighted by Crippen LogP contribution is 2.37. The number of nitrogens with zero attached hydrogens (tertiary/aromatic N) is 3. The number of hydrogen-bond acceptors (Lipinski definition) is 5. The van der Waals surface area contributed by atoms with Gasteiger partial charge in [0.25, 0.3) is 0 Å². The van der Waals surface area contributed by atoms with Crippen molar-refractivity contribution in [2.24, 2.45) is 0 Å². The lowest BCUT2D eigenvalue weighted by molar-refractivity contribution is 0.00335. The number of benzene rings is 1. The van der Waals surface area contributed by atoms with Crippen molar-refractivity contribution in [2.45, 2.75) is 56.7 Å². The second-order valence-corrected chi connectivity index (χ2v) is 7.73. The number of unbranched alkanes of at least 4 members (excludes halogenated alkanes) is 2. The molecule has 2 aromatic rings. The van der Waals surface area contributed by atoms with E-state index in [-0.39, 0.29) is 11.8 Å². The van der Waals surface area contributed by atoms with E-state index < -0.39 is 11.8 Å². The summed E-state index contributed by atoms with van der Waals surface area (Å²) in [5.41, 5.74) is 0.152. The highest BCUT2D eigenvalue weighted by Gasteiger charge is 2.51. The Bertz CT molecular complexity index is 856. The molecule has 1 saturated heterocycles. The van der Waals surface area contributed by atoms with Gasteiger partial charge >= 0.3 is 6.03 Å². The van der Waals surface area contributed by atoms with E-state index in [4.69, 9.17) is 0 Å². The molecule has 1 atom stereocenters. The van der Waals surface area contributed by atoms with E-state index in [9.17, 15) is 14.3 Å². The minimum Gasteiger partial charge on any atom is -0.371 e. The largest absolute Gasteiger partial charge is 0.371 e. The summed E-state index contributed by atoms with van der Waals surface area (Å²) >= 11 is 0. The van der Waals surface area contributed by atoms with E-state index in [0.717, 1.165) is 56.9 Å². The van der Waals surface area contributed by atoms with Crippen LogP contribution in [0.25, 0.3) is 10.9 Å². The molecule has 1 aromatic carbocycles. The maximum atomic E-state index is 13.3. The van der Waals surface area contributed by atoms with Crippen molar-refractivity contribution >= 4 is 22.8 Å². The van der Waals surface area contributed by atoms with Crippen LogP contribution in [-0.2, 0) is 0 Å². The molecule has 28 heavy (non-hydrogen) atoms. The topological polar surface area (TPSA) is 90.4 Å². The maximum absolute atomic E-state index is 13.3. The number of halogens is 1. The quantitative estimate of drug-likeness (QED) is 0.636. The van der Waals surface area contributed by atoms with Gasteiger partial charge in [0.05, 0.1) is 11.1 Å². The zero-order chi connectivity index (χ0) is 19.6. The molecule has 1 aliphatic carbocycles. The summed E-state index contributed by atoms with van der Waals surface area (Å²) in [6.45, 7) is 1.28. The summed E-state index contributed by atoms with van der Waals surface area (Å²) in [6.07, 6.45) is 7.20. The summed E-state index contributed by atoms with van der Waals surface area (Å²) in [6, 6.07) is 4.33. The molecule has 1 unspecified atom stereocenters. The van der Waals surface area contributed by atoms with Crippen molar-refractivity contribution < 1.29 is 14.3 Å². The number of rotatable bonds is 7. The first-order valence-corrected chi connectivity index (χ1v) is 10.0. The molecular weight excluding hydrogens is 361 g/mol. The third-order valence-corrected chi connectivity index (χ3v) is 5.87. The lowest BCUT2D eigenvalue weighted by atomic mass is 9.96. The molecule has 4 rings (SSSR count). The molecule has 0 bridgehead atoms. The van der Waals surface area contributed by atoms with Gasteiger partial charge in [0.15, 0.2) is 6.23 Å². The van der Waals surface area contributed by atoms with Crippen LogP contribution in [0.1, 0.15) is 44.9 Å². The van der Waals surface area contributed by atoms with E-state index in [1.807, 2.05) is 0 Å². The number of aliphatic hydroxyl groups is 1. The average Bonchev–Trinajstić information content (AvgIpc) is 3.24. The number of carbonyl (C=O) groups is 1. The van der Waals surface area contributed by atoms with E-state index in [0.29, 0.717) is 17.9 Å². The standard InChI is InChI=1S/C20H26FN5O2/c21-14-6-7-15-16(12-14)23-13-24-17(15)22-10-4-1-5-11-26-18(27)20(25-19(26)28)8-2-3-9-20/h6-7,12-13,18,27H,1-5,8-11H2,(H,25,28)(H,22,23,24). The lowest BCUT2D eigenvalue weighted by Gasteiger charge is -2.29. The summed E-state index contributed by atoms with van der Waals surface area (Å²) in [5, 5.41) is 17.6. The fourth-order valence-electron chi connectivity index (χ4n) is 4.33. The minimum absolute atomic E-state index is 0.146. The molecule has 2 heterocycles. The van der Waals surface area contributed by atoms with E-state index in [2.05, 4.69) is 20.6 Å². The van der Waals surface area contributed by atoms with Gasteiger partial charge in [-0.1, -0.05) is 12.8 Å². The van der Waals surface area contributed by atoms with E-state index >= 15 is 0 Å². The van der Waals surface area contributed by atoms with Crippen LogP contribution in [0.3, 0.4) is 0 Å². The molecule has 150 valence electrons. The Balaban J connectivity index is 1.22. The second kappa shape index (κ2) is 7.87. The highest BCUT2D eigenvalue weighted by molar-refractivity contribution is 5.88. The third kappa shape index (κ3) is 3.61. The van der Waals surface area contributed by atoms with Crippen molar-refractivity contribution in [1.29, 1.82) is 0 Å². The number of aliphatic hydroxyl groups excluding tert-OH is 1. The van der Waals surface area contributed by atoms with Gasteiger partial charge in [-0.3, -0.25) is 4.90 Å². The molecule has 2 fully saturated rings. The molecule has 1 saturated carbocycles. The van der Waals surface area contributed by atoms with Gasteiger partial charge in [0, 0.05) is 24.5 Å². The summed E-state index contributed by atoms with van der Waals surface area (Å²) in [7, 11) is 0. The Morgan fingerprint density at radius 1 is 1.25 bits per heavy atom. The Morgan fingerprint density at radius 3 is 2.89 bits per heavy atom. The summed E-state index contributed by atoms with van der Waals surface area (Å²) < 4.78 is 13.3. The fourth-order valence-corrected chi connectivity index (χ4v) is 4.33. The van der Waals surface area contributed by atoms with Gasteiger partial charge in [0.2, 0.25) is 0 Å². The van der Waals surface area contributed by atoms with Crippen LogP contribution < -0.4 is 10.6 Å². The first-order chi connectivity index (χ1) is 13.6. The molecule has 7 nitrogen and oxygen atoms in total. The molecule has 1 spiro atoms. The van der Waals surface area contributed by atoms with Crippen molar-refractivity contribution in [2.75, 3.05) is 18.4 Å². The van der Waals surface area contributed by atoms with Crippen LogP contribution in [0.15, 0.2) is 24.5 Å². The van der Waals surface area contributed by atoms with Gasteiger partial charge < -0.3 is 15.7 Å². The van der Waals surface area contributed by atoms with Gasteiger partial charge in [-0.25, -0.2) is 19.2 Å². The maximum Gasteiger partial charge on any atom is 0.320 e. The number of carbonyl (C=O) groups excluding carboxylic acids is 1. The van der Waals surface area contributed by atoms with Crippen molar-refractivity contribution in [3.8, 4) is 0 Å². The molecular formula is C20H26FN5O2. The van der Waals surface area contributed by atoms with Crippen molar-refractivity contribution in [3.05, 3.63) is 30.3 Å². The second-order valence-electron chi connectivity index (χ2n) is 7.73. The Kier molecular flexibility index (Phi) is 5.30. The minimum atomic E-state index is -0.714. The van der Waals surface area contributed by atoms with Crippen LogP contribution >= 0.6 is 0 Å². The predicted molar refractivity (Wildman–Crippen MR) is 104 cm³/mol. The number of aromatic nitrogens is 2. The molecule has 8 heteroatoms. The van der Waals surface area contributed by atoms with Gasteiger partial charge in [0.1, 0.15) is 18.0 Å². The SMILES string of the molecule is O=C1NC2(CCCC2)C(O)N1CCCCCNc1ncnc2cc(F)ccc12. The molecule has 3 N–H and O–H groups in total. The molecule has 2 amide bonds. The van der Waals surface area contributed by atoms with Gasteiger partial charge in [-0.15, -0.1) is 0 Å². The van der Waals surface area contributed by atoms with Crippen LogP contribution in [0.5, 0.6) is 0 Å². The van der Waals surface area contributed by atoms with Crippen LogP contribution in [0.4, 0.5) is 15.0 Å².